The average Bonchev–Trinajstić information content (AvgIpc) is 2.88. The molecule has 0 aliphatic heterocycles. The van der Waals surface area contributed by atoms with Crippen LogP contribution in [0.2, 0.25) is 0 Å². The second-order valence-corrected chi connectivity index (χ2v) is 5.62. The fourth-order valence-electron chi connectivity index (χ4n) is 2.06. The summed E-state index contributed by atoms with van der Waals surface area (Å²) in [6.45, 7) is 0.527. The first-order valence-corrected chi connectivity index (χ1v) is 7.11. The van der Waals surface area contributed by atoms with Crippen molar-refractivity contribution in [3.63, 3.8) is 0 Å². The standard InChI is InChI=1S/C16H15NO2S/c1-18-15-9-12(17)6-7-14(15)19-10-13-8-11-4-2-3-5-16(11)20-13/h2-9H,10,17H2,1H3. The van der Waals surface area contributed by atoms with Crippen molar-refractivity contribution in [3.8, 4) is 11.5 Å². The third-order valence-electron chi connectivity index (χ3n) is 3.03. The summed E-state index contributed by atoms with van der Waals surface area (Å²) >= 11 is 1.74. The number of fused-ring (bicyclic) bond motifs is 1. The Kier molecular flexibility index (Phi) is 3.48. The van der Waals surface area contributed by atoms with Gasteiger partial charge in [0, 0.05) is 21.3 Å². The maximum atomic E-state index is 5.83. The number of hydrogen-bond donors (Lipinski definition) is 1. The SMILES string of the molecule is COc1cc(N)ccc1OCc1cc2ccccc2s1. The lowest BCUT2D eigenvalue weighted by atomic mass is 10.2. The minimum atomic E-state index is 0.527. The van der Waals surface area contributed by atoms with Gasteiger partial charge in [-0.3, -0.25) is 0 Å². The number of benzene rings is 2. The highest BCUT2D eigenvalue weighted by atomic mass is 32.1. The zero-order valence-corrected chi connectivity index (χ0v) is 11.9. The number of rotatable bonds is 4. The smallest absolute Gasteiger partial charge is 0.162 e. The lowest BCUT2D eigenvalue weighted by Gasteiger charge is -2.10. The molecule has 3 aromatic rings. The van der Waals surface area contributed by atoms with Gasteiger partial charge >= 0.3 is 0 Å². The van der Waals surface area contributed by atoms with Gasteiger partial charge in [-0.05, 0) is 29.7 Å². The van der Waals surface area contributed by atoms with Crippen molar-refractivity contribution >= 4 is 27.1 Å². The summed E-state index contributed by atoms with van der Waals surface area (Å²) in [6, 6.07) is 15.9. The first kappa shape index (κ1) is 12.8. The van der Waals surface area contributed by atoms with E-state index in [-0.39, 0.29) is 0 Å². The number of hydrogen-bond acceptors (Lipinski definition) is 4. The lowest BCUT2D eigenvalue weighted by Crippen LogP contribution is -1.97. The molecule has 0 aliphatic rings. The van der Waals surface area contributed by atoms with E-state index in [1.807, 2.05) is 24.3 Å². The van der Waals surface area contributed by atoms with Gasteiger partial charge in [0.25, 0.3) is 0 Å². The van der Waals surface area contributed by atoms with E-state index in [0.29, 0.717) is 23.8 Å². The molecule has 0 atom stereocenters. The third kappa shape index (κ3) is 2.56. The largest absolute Gasteiger partial charge is 0.493 e. The third-order valence-corrected chi connectivity index (χ3v) is 4.12. The van der Waals surface area contributed by atoms with E-state index in [1.165, 1.54) is 15.0 Å². The molecule has 1 aromatic heterocycles. The number of nitrogen functional groups attached to an aromatic ring is 1. The molecule has 0 unspecified atom stereocenters. The van der Waals surface area contributed by atoms with Crippen LogP contribution in [-0.2, 0) is 6.61 Å². The van der Waals surface area contributed by atoms with Crippen LogP contribution in [0.15, 0.2) is 48.5 Å². The first-order chi connectivity index (χ1) is 9.76. The van der Waals surface area contributed by atoms with Gasteiger partial charge in [0.15, 0.2) is 11.5 Å². The molecule has 3 rings (SSSR count). The molecule has 0 bridgehead atoms. The Hall–Kier alpha value is -2.20. The van der Waals surface area contributed by atoms with Crippen LogP contribution in [0.5, 0.6) is 11.5 Å². The van der Waals surface area contributed by atoms with Crippen molar-refractivity contribution in [2.24, 2.45) is 0 Å². The Morgan fingerprint density at radius 3 is 2.70 bits per heavy atom. The van der Waals surface area contributed by atoms with Gasteiger partial charge in [0.1, 0.15) is 6.61 Å². The van der Waals surface area contributed by atoms with Crippen molar-refractivity contribution in [1.82, 2.24) is 0 Å². The molecule has 4 heteroatoms. The molecule has 102 valence electrons. The van der Waals surface area contributed by atoms with E-state index in [9.17, 15) is 0 Å². The Labute approximate surface area is 121 Å². The monoisotopic (exact) mass is 285 g/mol. The molecule has 0 aliphatic carbocycles. The number of thiophene rings is 1. The van der Waals surface area contributed by atoms with Gasteiger partial charge in [-0.2, -0.15) is 0 Å². The predicted molar refractivity (Wildman–Crippen MR) is 83.6 cm³/mol. The van der Waals surface area contributed by atoms with Crippen LogP contribution in [0.25, 0.3) is 10.1 Å². The molecule has 0 fully saturated rings. The topological polar surface area (TPSA) is 44.5 Å². The van der Waals surface area contributed by atoms with E-state index in [4.69, 9.17) is 15.2 Å². The number of anilines is 1. The van der Waals surface area contributed by atoms with Gasteiger partial charge in [-0.1, -0.05) is 18.2 Å². The minimum absolute atomic E-state index is 0.527. The predicted octanol–water partition coefficient (Wildman–Crippen LogP) is 4.07. The van der Waals surface area contributed by atoms with Gasteiger partial charge in [0.2, 0.25) is 0 Å². The number of methoxy groups -OCH3 is 1. The molecule has 2 aromatic carbocycles. The maximum absolute atomic E-state index is 5.83. The first-order valence-electron chi connectivity index (χ1n) is 6.30. The van der Waals surface area contributed by atoms with Gasteiger partial charge in [-0.15, -0.1) is 11.3 Å². The molecule has 20 heavy (non-hydrogen) atoms. The number of nitrogens with two attached hydrogens (primary N) is 1. The molecular weight excluding hydrogens is 270 g/mol. The lowest BCUT2D eigenvalue weighted by molar-refractivity contribution is 0.287. The van der Waals surface area contributed by atoms with Crippen molar-refractivity contribution in [2.75, 3.05) is 12.8 Å². The van der Waals surface area contributed by atoms with Crippen LogP contribution < -0.4 is 15.2 Å². The molecule has 0 spiro atoms. The van der Waals surface area contributed by atoms with Crippen molar-refractivity contribution in [1.29, 1.82) is 0 Å². The van der Waals surface area contributed by atoms with Crippen molar-refractivity contribution in [2.45, 2.75) is 6.61 Å². The van der Waals surface area contributed by atoms with E-state index in [0.717, 1.165) is 0 Å². The summed E-state index contributed by atoms with van der Waals surface area (Å²) in [6.07, 6.45) is 0. The van der Waals surface area contributed by atoms with Crippen LogP contribution in [0.3, 0.4) is 0 Å². The Morgan fingerprint density at radius 1 is 1.05 bits per heavy atom. The van der Waals surface area contributed by atoms with Crippen LogP contribution in [-0.4, -0.2) is 7.11 Å². The van der Waals surface area contributed by atoms with Crippen LogP contribution in [0.4, 0.5) is 5.69 Å². The fourth-order valence-corrected chi connectivity index (χ4v) is 3.04. The zero-order chi connectivity index (χ0) is 13.9. The van der Waals surface area contributed by atoms with E-state index in [1.54, 1.807) is 24.5 Å². The molecule has 0 amide bonds. The Bertz CT molecular complexity index is 703. The molecule has 0 radical (unpaired) electrons. The highest BCUT2D eigenvalue weighted by molar-refractivity contribution is 7.19. The molecule has 0 saturated heterocycles. The van der Waals surface area contributed by atoms with Gasteiger partial charge < -0.3 is 15.2 Å². The summed E-state index contributed by atoms with van der Waals surface area (Å²) in [5.41, 5.74) is 6.39. The van der Waals surface area contributed by atoms with Crippen LogP contribution in [0, 0.1) is 0 Å². The average molecular weight is 285 g/mol. The fraction of sp³-hybridized carbons (Fsp3) is 0.125. The summed E-state index contributed by atoms with van der Waals surface area (Å²) in [7, 11) is 1.61. The Morgan fingerprint density at radius 2 is 1.90 bits per heavy atom. The second kappa shape index (κ2) is 5.43. The summed E-state index contributed by atoms with van der Waals surface area (Å²) in [5.74, 6) is 1.37. The van der Waals surface area contributed by atoms with Crippen LogP contribution >= 0.6 is 11.3 Å². The Balaban J connectivity index is 1.79. The summed E-state index contributed by atoms with van der Waals surface area (Å²) in [4.78, 5) is 1.19. The minimum Gasteiger partial charge on any atom is -0.493 e. The molecule has 0 saturated carbocycles. The summed E-state index contributed by atoms with van der Waals surface area (Å²) < 4.78 is 12.4. The van der Waals surface area contributed by atoms with Gasteiger partial charge in [0.05, 0.1) is 7.11 Å². The molecular formula is C16H15NO2S. The van der Waals surface area contributed by atoms with Crippen LogP contribution in [0.1, 0.15) is 4.88 Å². The van der Waals surface area contributed by atoms with Crippen molar-refractivity contribution in [3.05, 3.63) is 53.4 Å². The highest BCUT2D eigenvalue weighted by Crippen LogP contribution is 2.31. The number of ether oxygens (including phenoxy) is 2. The van der Waals surface area contributed by atoms with E-state index in [2.05, 4.69) is 18.2 Å². The van der Waals surface area contributed by atoms with E-state index < -0.39 is 0 Å². The highest BCUT2D eigenvalue weighted by Gasteiger charge is 2.06. The second-order valence-electron chi connectivity index (χ2n) is 4.45. The quantitative estimate of drug-likeness (QED) is 0.735. The maximum Gasteiger partial charge on any atom is 0.162 e. The van der Waals surface area contributed by atoms with E-state index >= 15 is 0 Å². The summed E-state index contributed by atoms with van der Waals surface area (Å²) in [5, 5.41) is 1.25. The molecule has 1 heterocycles. The normalized spacial score (nSPS) is 10.7. The zero-order valence-electron chi connectivity index (χ0n) is 11.1. The molecule has 2 N–H and O–H groups in total. The van der Waals surface area contributed by atoms with Crippen molar-refractivity contribution < 1.29 is 9.47 Å². The molecule has 3 nitrogen and oxygen atoms in total. The van der Waals surface area contributed by atoms with Gasteiger partial charge in [-0.25, -0.2) is 0 Å².